The molecule has 0 bridgehead atoms. The smallest absolute Gasteiger partial charge is 0.252 e. The molecular formula is C14H20N2O2. The SMILES string of the molecule is Cc1cncc(C(=O)NCC2CCCC(O)C2)c1. The number of hydrogen-bond donors (Lipinski definition) is 2. The molecule has 4 heteroatoms. The van der Waals surface area contributed by atoms with Crippen LogP contribution < -0.4 is 5.32 Å². The first-order chi connectivity index (χ1) is 8.65. The normalized spacial score (nSPS) is 23.7. The van der Waals surface area contributed by atoms with Crippen LogP contribution in [-0.2, 0) is 0 Å². The van der Waals surface area contributed by atoms with Crippen molar-refractivity contribution in [3.05, 3.63) is 29.6 Å². The maximum atomic E-state index is 11.9. The van der Waals surface area contributed by atoms with Crippen LogP contribution in [-0.4, -0.2) is 28.6 Å². The first-order valence-corrected chi connectivity index (χ1v) is 6.53. The summed E-state index contributed by atoms with van der Waals surface area (Å²) in [5.74, 6) is 0.321. The van der Waals surface area contributed by atoms with Gasteiger partial charge < -0.3 is 10.4 Å². The molecule has 1 aromatic rings. The zero-order valence-corrected chi connectivity index (χ0v) is 10.7. The number of aryl methyl sites for hydroxylation is 1. The Kier molecular flexibility index (Phi) is 4.31. The third-order valence-corrected chi connectivity index (χ3v) is 3.44. The Hall–Kier alpha value is -1.42. The lowest BCUT2D eigenvalue weighted by molar-refractivity contribution is 0.0873. The van der Waals surface area contributed by atoms with Crippen molar-refractivity contribution < 1.29 is 9.90 Å². The molecule has 98 valence electrons. The van der Waals surface area contributed by atoms with E-state index in [9.17, 15) is 9.90 Å². The molecule has 0 spiro atoms. The Balaban J connectivity index is 1.84. The van der Waals surface area contributed by atoms with E-state index in [2.05, 4.69) is 10.3 Å². The number of pyridine rings is 1. The number of nitrogens with zero attached hydrogens (tertiary/aromatic N) is 1. The van der Waals surface area contributed by atoms with Gasteiger partial charge in [0.2, 0.25) is 0 Å². The Bertz CT molecular complexity index is 420. The predicted octanol–water partition coefficient (Wildman–Crippen LogP) is 1.67. The molecule has 2 unspecified atom stereocenters. The number of aromatic nitrogens is 1. The van der Waals surface area contributed by atoms with E-state index in [4.69, 9.17) is 0 Å². The Morgan fingerprint density at radius 2 is 2.33 bits per heavy atom. The largest absolute Gasteiger partial charge is 0.393 e. The maximum absolute atomic E-state index is 11.9. The van der Waals surface area contributed by atoms with Gasteiger partial charge in [-0.25, -0.2) is 0 Å². The topological polar surface area (TPSA) is 62.2 Å². The van der Waals surface area contributed by atoms with E-state index < -0.39 is 0 Å². The molecule has 2 atom stereocenters. The highest BCUT2D eigenvalue weighted by Crippen LogP contribution is 2.23. The van der Waals surface area contributed by atoms with Crippen LogP contribution in [0.4, 0.5) is 0 Å². The number of aliphatic hydroxyl groups is 1. The fourth-order valence-electron chi connectivity index (χ4n) is 2.47. The number of carbonyl (C=O) groups excluding carboxylic acids is 1. The molecule has 1 fully saturated rings. The number of carbonyl (C=O) groups is 1. The van der Waals surface area contributed by atoms with Crippen LogP contribution >= 0.6 is 0 Å². The minimum absolute atomic E-state index is 0.0775. The van der Waals surface area contributed by atoms with Crippen LogP contribution in [0.15, 0.2) is 18.5 Å². The molecule has 1 saturated carbocycles. The van der Waals surface area contributed by atoms with Crippen molar-refractivity contribution in [2.24, 2.45) is 5.92 Å². The first-order valence-electron chi connectivity index (χ1n) is 6.53. The molecule has 0 saturated heterocycles. The number of hydrogen-bond acceptors (Lipinski definition) is 3. The van der Waals surface area contributed by atoms with Gasteiger partial charge in [0, 0.05) is 18.9 Å². The van der Waals surface area contributed by atoms with Gasteiger partial charge in [-0.3, -0.25) is 9.78 Å². The molecule has 4 nitrogen and oxygen atoms in total. The standard InChI is InChI=1S/C14H20N2O2/c1-10-5-12(9-15-7-10)14(18)16-8-11-3-2-4-13(17)6-11/h5,7,9,11,13,17H,2-4,6,8H2,1H3,(H,16,18). The fourth-order valence-corrected chi connectivity index (χ4v) is 2.47. The average Bonchev–Trinajstić information content (AvgIpc) is 2.36. The second-order valence-corrected chi connectivity index (χ2v) is 5.15. The Morgan fingerprint density at radius 3 is 3.06 bits per heavy atom. The summed E-state index contributed by atoms with van der Waals surface area (Å²) in [7, 11) is 0. The van der Waals surface area contributed by atoms with Gasteiger partial charge in [0.15, 0.2) is 0 Å². The van der Waals surface area contributed by atoms with Crippen molar-refractivity contribution in [3.63, 3.8) is 0 Å². The summed E-state index contributed by atoms with van der Waals surface area (Å²) in [6.07, 6.45) is 6.95. The highest BCUT2D eigenvalue weighted by Gasteiger charge is 2.20. The van der Waals surface area contributed by atoms with Gasteiger partial charge in [-0.05, 0) is 43.7 Å². The lowest BCUT2D eigenvalue weighted by Gasteiger charge is -2.25. The zero-order chi connectivity index (χ0) is 13.0. The second-order valence-electron chi connectivity index (χ2n) is 5.15. The Labute approximate surface area is 107 Å². The van der Waals surface area contributed by atoms with Crippen molar-refractivity contribution in [1.29, 1.82) is 0 Å². The van der Waals surface area contributed by atoms with Gasteiger partial charge in [-0.2, -0.15) is 0 Å². The molecule has 0 aromatic carbocycles. The van der Waals surface area contributed by atoms with Crippen molar-refractivity contribution in [1.82, 2.24) is 10.3 Å². The second kappa shape index (κ2) is 5.96. The number of nitrogens with one attached hydrogen (secondary N) is 1. The number of aliphatic hydroxyl groups excluding tert-OH is 1. The van der Waals surface area contributed by atoms with Gasteiger partial charge in [-0.1, -0.05) is 6.42 Å². The summed E-state index contributed by atoms with van der Waals surface area (Å²) in [6.45, 7) is 2.56. The summed E-state index contributed by atoms with van der Waals surface area (Å²) in [6, 6.07) is 1.83. The van der Waals surface area contributed by atoms with E-state index >= 15 is 0 Å². The average molecular weight is 248 g/mol. The minimum Gasteiger partial charge on any atom is -0.393 e. The Morgan fingerprint density at radius 1 is 1.50 bits per heavy atom. The van der Waals surface area contributed by atoms with E-state index in [0.29, 0.717) is 18.0 Å². The van der Waals surface area contributed by atoms with Crippen LogP contribution in [0.3, 0.4) is 0 Å². The molecule has 1 aliphatic rings. The lowest BCUT2D eigenvalue weighted by atomic mass is 9.87. The van der Waals surface area contributed by atoms with Crippen molar-refractivity contribution >= 4 is 5.91 Å². The van der Waals surface area contributed by atoms with Crippen LogP contribution in [0, 0.1) is 12.8 Å². The summed E-state index contributed by atoms with van der Waals surface area (Å²) in [5.41, 5.74) is 1.59. The fraction of sp³-hybridized carbons (Fsp3) is 0.571. The third kappa shape index (κ3) is 3.53. The van der Waals surface area contributed by atoms with Crippen LogP contribution in [0.1, 0.15) is 41.6 Å². The van der Waals surface area contributed by atoms with Crippen LogP contribution in [0.2, 0.25) is 0 Å². The van der Waals surface area contributed by atoms with E-state index in [1.54, 1.807) is 12.4 Å². The van der Waals surface area contributed by atoms with Crippen molar-refractivity contribution in [2.75, 3.05) is 6.54 Å². The number of amides is 1. The lowest BCUT2D eigenvalue weighted by Crippen LogP contribution is -2.33. The van der Waals surface area contributed by atoms with E-state index in [1.807, 2.05) is 13.0 Å². The molecule has 0 radical (unpaired) electrons. The van der Waals surface area contributed by atoms with E-state index in [1.165, 1.54) is 0 Å². The molecule has 1 aliphatic carbocycles. The summed E-state index contributed by atoms with van der Waals surface area (Å²) < 4.78 is 0. The minimum atomic E-state index is -0.193. The molecule has 2 N–H and O–H groups in total. The van der Waals surface area contributed by atoms with Gasteiger partial charge in [0.1, 0.15) is 0 Å². The quantitative estimate of drug-likeness (QED) is 0.855. The monoisotopic (exact) mass is 248 g/mol. The van der Waals surface area contributed by atoms with Crippen molar-refractivity contribution in [3.8, 4) is 0 Å². The highest BCUT2D eigenvalue weighted by molar-refractivity contribution is 5.93. The summed E-state index contributed by atoms with van der Waals surface area (Å²) in [4.78, 5) is 15.9. The molecule has 18 heavy (non-hydrogen) atoms. The molecule has 2 rings (SSSR count). The van der Waals surface area contributed by atoms with Gasteiger partial charge >= 0.3 is 0 Å². The molecule has 1 heterocycles. The third-order valence-electron chi connectivity index (χ3n) is 3.44. The molecule has 1 aromatic heterocycles. The molecule has 1 amide bonds. The number of rotatable bonds is 3. The molecular weight excluding hydrogens is 228 g/mol. The first kappa shape index (κ1) is 13.0. The highest BCUT2D eigenvalue weighted by atomic mass is 16.3. The van der Waals surface area contributed by atoms with Crippen LogP contribution in [0.25, 0.3) is 0 Å². The van der Waals surface area contributed by atoms with Crippen molar-refractivity contribution in [2.45, 2.75) is 38.7 Å². The van der Waals surface area contributed by atoms with E-state index in [-0.39, 0.29) is 12.0 Å². The zero-order valence-electron chi connectivity index (χ0n) is 10.7. The van der Waals surface area contributed by atoms with Gasteiger partial charge in [0.25, 0.3) is 5.91 Å². The predicted molar refractivity (Wildman–Crippen MR) is 69.3 cm³/mol. The molecule has 0 aliphatic heterocycles. The van der Waals surface area contributed by atoms with Gasteiger partial charge in [-0.15, -0.1) is 0 Å². The van der Waals surface area contributed by atoms with Crippen LogP contribution in [0.5, 0.6) is 0 Å². The summed E-state index contributed by atoms with van der Waals surface area (Å²) in [5, 5.41) is 12.5. The maximum Gasteiger partial charge on any atom is 0.252 e. The van der Waals surface area contributed by atoms with Gasteiger partial charge in [0.05, 0.1) is 11.7 Å². The summed E-state index contributed by atoms with van der Waals surface area (Å²) >= 11 is 0. The van der Waals surface area contributed by atoms with E-state index in [0.717, 1.165) is 31.2 Å².